The van der Waals surface area contributed by atoms with Gasteiger partial charge in [-0.1, -0.05) is 15.9 Å². The van der Waals surface area contributed by atoms with Crippen molar-refractivity contribution in [3.63, 3.8) is 0 Å². The Labute approximate surface area is 111 Å². The number of halogens is 1. The van der Waals surface area contributed by atoms with Crippen LogP contribution in [0.15, 0.2) is 44.4 Å². The second kappa shape index (κ2) is 5.22. The van der Waals surface area contributed by atoms with Crippen LogP contribution in [0.1, 0.15) is 5.56 Å². The average molecular weight is 311 g/mol. The Bertz CT molecular complexity index is 676. The molecule has 1 heterocycles. The van der Waals surface area contributed by atoms with Crippen molar-refractivity contribution in [2.45, 2.75) is 6.54 Å². The Morgan fingerprint density at radius 3 is 2.78 bits per heavy atom. The number of nitrogens with zero attached hydrogens (tertiary/aromatic N) is 1. The number of rotatable bonds is 3. The zero-order valence-corrected chi connectivity index (χ0v) is 11.2. The molecule has 0 bridgehead atoms. The molecular formula is C12H11BrN2O3. The summed E-state index contributed by atoms with van der Waals surface area (Å²) >= 11 is 3.36. The maximum Gasteiger partial charge on any atom is 0.265 e. The van der Waals surface area contributed by atoms with Crippen molar-refractivity contribution in [3.8, 4) is 5.75 Å². The predicted molar refractivity (Wildman–Crippen MR) is 71.1 cm³/mol. The van der Waals surface area contributed by atoms with Gasteiger partial charge in [0.1, 0.15) is 5.75 Å². The molecule has 2 aromatic rings. The topological polar surface area (TPSA) is 64.1 Å². The molecule has 0 aliphatic carbocycles. The van der Waals surface area contributed by atoms with E-state index in [1.807, 2.05) is 12.1 Å². The Morgan fingerprint density at radius 2 is 2.06 bits per heavy atom. The fourth-order valence-electron chi connectivity index (χ4n) is 1.62. The first kappa shape index (κ1) is 12.6. The third-order valence-electron chi connectivity index (χ3n) is 2.46. The largest absolute Gasteiger partial charge is 0.496 e. The number of aromatic nitrogens is 2. The van der Waals surface area contributed by atoms with Crippen LogP contribution in [0, 0.1) is 0 Å². The number of benzene rings is 1. The van der Waals surface area contributed by atoms with Crippen molar-refractivity contribution >= 4 is 15.9 Å². The van der Waals surface area contributed by atoms with E-state index in [1.54, 1.807) is 13.2 Å². The van der Waals surface area contributed by atoms with Crippen molar-refractivity contribution in [2.75, 3.05) is 7.11 Å². The molecule has 0 amide bonds. The summed E-state index contributed by atoms with van der Waals surface area (Å²) in [5.41, 5.74) is 0.219. The molecular weight excluding hydrogens is 300 g/mol. The van der Waals surface area contributed by atoms with Crippen LogP contribution in [0.4, 0.5) is 0 Å². The van der Waals surface area contributed by atoms with Gasteiger partial charge in [0.2, 0.25) is 0 Å². The minimum atomic E-state index is -0.316. The lowest BCUT2D eigenvalue weighted by Crippen LogP contribution is -2.28. The maximum atomic E-state index is 11.6. The van der Waals surface area contributed by atoms with E-state index in [-0.39, 0.29) is 17.7 Å². The summed E-state index contributed by atoms with van der Waals surface area (Å²) in [5, 5.41) is 2.47. The van der Waals surface area contributed by atoms with Gasteiger partial charge in [-0.05, 0) is 18.2 Å². The van der Waals surface area contributed by atoms with Crippen LogP contribution >= 0.6 is 15.9 Å². The third-order valence-corrected chi connectivity index (χ3v) is 2.95. The normalized spacial score (nSPS) is 10.3. The van der Waals surface area contributed by atoms with E-state index in [2.05, 4.69) is 21.0 Å². The van der Waals surface area contributed by atoms with E-state index in [0.717, 1.165) is 10.0 Å². The molecule has 0 aliphatic heterocycles. The van der Waals surface area contributed by atoms with Crippen LogP contribution in [-0.4, -0.2) is 16.9 Å². The second-order valence-electron chi connectivity index (χ2n) is 3.69. The van der Waals surface area contributed by atoms with Crippen molar-refractivity contribution in [1.29, 1.82) is 0 Å². The number of methoxy groups -OCH3 is 1. The number of hydrogen-bond donors (Lipinski definition) is 1. The smallest absolute Gasteiger partial charge is 0.265 e. The average Bonchev–Trinajstić information content (AvgIpc) is 2.34. The summed E-state index contributed by atoms with van der Waals surface area (Å²) in [7, 11) is 1.56. The Morgan fingerprint density at radius 1 is 1.28 bits per heavy atom. The van der Waals surface area contributed by atoms with Gasteiger partial charge in [0.15, 0.2) is 0 Å². The number of aromatic amines is 1. The van der Waals surface area contributed by atoms with Gasteiger partial charge in [-0.3, -0.25) is 14.7 Å². The molecule has 0 unspecified atom stereocenters. The molecule has 0 saturated carbocycles. The van der Waals surface area contributed by atoms with E-state index < -0.39 is 0 Å². The summed E-state index contributed by atoms with van der Waals surface area (Å²) in [4.78, 5) is 22.8. The van der Waals surface area contributed by atoms with Crippen molar-refractivity contribution in [3.05, 3.63) is 61.1 Å². The summed E-state index contributed by atoms with van der Waals surface area (Å²) in [6.07, 6.45) is 0. The van der Waals surface area contributed by atoms with Gasteiger partial charge in [0.05, 0.1) is 13.7 Å². The number of ether oxygens (including phenoxy) is 1. The molecule has 0 saturated heterocycles. The fourth-order valence-corrected chi connectivity index (χ4v) is 2.03. The standard InChI is InChI=1S/C12H11BrN2O3/c1-18-10-3-2-9(13)6-8(10)7-15-12(17)5-4-11(16)14-15/h2-6H,7H2,1H3,(H,14,16). The van der Waals surface area contributed by atoms with Gasteiger partial charge in [0.25, 0.3) is 11.1 Å². The number of H-pyrrole nitrogens is 1. The SMILES string of the molecule is COc1ccc(Br)cc1Cn1[nH]c(=O)ccc1=O. The van der Waals surface area contributed by atoms with E-state index in [9.17, 15) is 9.59 Å². The summed E-state index contributed by atoms with van der Waals surface area (Å²) in [5.74, 6) is 0.662. The van der Waals surface area contributed by atoms with Gasteiger partial charge in [-0.2, -0.15) is 0 Å². The second-order valence-corrected chi connectivity index (χ2v) is 4.61. The van der Waals surface area contributed by atoms with E-state index in [1.165, 1.54) is 16.8 Å². The van der Waals surface area contributed by atoms with Gasteiger partial charge in [0, 0.05) is 22.2 Å². The molecule has 5 nitrogen and oxygen atoms in total. The lowest BCUT2D eigenvalue weighted by molar-refractivity contribution is 0.406. The highest BCUT2D eigenvalue weighted by atomic mass is 79.9. The van der Waals surface area contributed by atoms with E-state index in [4.69, 9.17) is 4.74 Å². The van der Waals surface area contributed by atoms with E-state index in [0.29, 0.717) is 5.75 Å². The summed E-state index contributed by atoms with van der Waals surface area (Å²) < 4.78 is 7.34. The highest BCUT2D eigenvalue weighted by Crippen LogP contribution is 2.23. The molecule has 2 rings (SSSR count). The van der Waals surface area contributed by atoms with E-state index >= 15 is 0 Å². The Kier molecular flexibility index (Phi) is 3.66. The zero-order valence-electron chi connectivity index (χ0n) is 9.64. The zero-order chi connectivity index (χ0) is 13.1. The van der Waals surface area contributed by atoms with Gasteiger partial charge < -0.3 is 4.74 Å². The van der Waals surface area contributed by atoms with Crippen molar-refractivity contribution < 1.29 is 4.74 Å². The van der Waals surface area contributed by atoms with Gasteiger partial charge in [-0.25, -0.2) is 4.68 Å². The first-order chi connectivity index (χ1) is 8.60. The molecule has 1 aromatic heterocycles. The number of hydrogen-bond acceptors (Lipinski definition) is 3. The molecule has 1 aromatic carbocycles. The molecule has 6 heteroatoms. The molecule has 0 radical (unpaired) electrons. The maximum absolute atomic E-state index is 11.6. The lowest BCUT2D eigenvalue weighted by atomic mass is 10.2. The summed E-state index contributed by atoms with van der Waals surface area (Å²) in [6.45, 7) is 0.248. The molecule has 0 spiro atoms. The third kappa shape index (κ3) is 2.70. The molecule has 94 valence electrons. The molecule has 0 fully saturated rings. The summed E-state index contributed by atoms with van der Waals surface area (Å²) in [6, 6.07) is 7.93. The fraction of sp³-hybridized carbons (Fsp3) is 0.167. The Hall–Kier alpha value is -1.82. The number of nitrogens with one attached hydrogen (secondary N) is 1. The van der Waals surface area contributed by atoms with Gasteiger partial charge >= 0.3 is 0 Å². The molecule has 0 aliphatic rings. The minimum Gasteiger partial charge on any atom is -0.496 e. The van der Waals surface area contributed by atoms with Crippen LogP contribution in [0.3, 0.4) is 0 Å². The van der Waals surface area contributed by atoms with Crippen LogP contribution < -0.4 is 15.9 Å². The molecule has 0 atom stereocenters. The van der Waals surface area contributed by atoms with Crippen LogP contribution in [-0.2, 0) is 6.54 Å². The molecule has 1 N–H and O–H groups in total. The predicted octanol–water partition coefficient (Wildman–Crippen LogP) is 1.36. The first-order valence-corrected chi connectivity index (χ1v) is 6.02. The highest BCUT2D eigenvalue weighted by molar-refractivity contribution is 9.10. The quantitative estimate of drug-likeness (QED) is 0.931. The Balaban J connectivity index is 2.45. The van der Waals surface area contributed by atoms with Crippen molar-refractivity contribution in [2.24, 2.45) is 0 Å². The van der Waals surface area contributed by atoms with Gasteiger partial charge in [-0.15, -0.1) is 0 Å². The monoisotopic (exact) mass is 310 g/mol. The van der Waals surface area contributed by atoms with Crippen molar-refractivity contribution in [1.82, 2.24) is 9.78 Å². The molecule has 18 heavy (non-hydrogen) atoms. The van der Waals surface area contributed by atoms with Crippen LogP contribution in [0.2, 0.25) is 0 Å². The van der Waals surface area contributed by atoms with Crippen LogP contribution in [0.5, 0.6) is 5.75 Å². The highest BCUT2D eigenvalue weighted by Gasteiger charge is 2.06. The minimum absolute atomic E-state index is 0.248. The van der Waals surface area contributed by atoms with Crippen LogP contribution in [0.25, 0.3) is 0 Å². The lowest BCUT2D eigenvalue weighted by Gasteiger charge is -2.10. The first-order valence-electron chi connectivity index (χ1n) is 5.23.